The van der Waals surface area contributed by atoms with E-state index in [1.807, 2.05) is 0 Å². The third-order valence-electron chi connectivity index (χ3n) is 2.66. The largest absolute Gasteiger partial charge is 0.462 e. The van der Waals surface area contributed by atoms with Crippen molar-refractivity contribution >= 4 is 18.2 Å². The Morgan fingerprint density at radius 2 is 1.83 bits per heavy atom. The summed E-state index contributed by atoms with van der Waals surface area (Å²) in [7, 11) is 1.22. The average Bonchev–Trinajstić information content (AvgIpc) is 2.56. The van der Waals surface area contributed by atoms with Crippen molar-refractivity contribution < 1.29 is 36.7 Å². The molecule has 0 aliphatic rings. The van der Waals surface area contributed by atoms with Gasteiger partial charge in [0, 0.05) is 13.2 Å². The molecule has 0 aliphatic heterocycles. The molecular weight excluding hydrogens is 336 g/mol. The summed E-state index contributed by atoms with van der Waals surface area (Å²) in [6.45, 7) is 1.27. The first kappa shape index (κ1) is 19.1. The number of rotatable bonds is 7. The SMILES string of the molecule is CCOC(=O)/C(=C\NN(C)C=O)C(=O)c1cc(F)c(F)c(F)c1F. The Morgan fingerprint density at radius 1 is 1.21 bits per heavy atom. The Morgan fingerprint density at radius 3 is 2.38 bits per heavy atom. The number of hydrazine groups is 1. The number of amides is 1. The maximum atomic E-state index is 13.7. The molecule has 130 valence electrons. The monoisotopic (exact) mass is 348 g/mol. The molecule has 0 radical (unpaired) electrons. The number of benzene rings is 1. The van der Waals surface area contributed by atoms with Crippen LogP contribution in [0.2, 0.25) is 0 Å². The van der Waals surface area contributed by atoms with Gasteiger partial charge in [-0.1, -0.05) is 0 Å². The number of ketones is 1. The molecule has 0 aliphatic carbocycles. The van der Waals surface area contributed by atoms with Gasteiger partial charge in [0.1, 0.15) is 5.57 Å². The number of esters is 1. The molecule has 1 rings (SSSR count). The van der Waals surface area contributed by atoms with E-state index in [1.165, 1.54) is 14.0 Å². The number of nitrogens with zero attached hydrogens (tertiary/aromatic N) is 1. The van der Waals surface area contributed by atoms with Gasteiger partial charge in [-0.25, -0.2) is 22.4 Å². The fourth-order valence-electron chi connectivity index (χ4n) is 1.51. The fraction of sp³-hybridized carbons (Fsp3) is 0.214. The van der Waals surface area contributed by atoms with Crippen LogP contribution in [0.3, 0.4) is 0 Å². The highest BCUT2D eigenvalue weighted by Gasteiger charge is 2.28. The van der Waals surface area contributed by atoms with E-state index in [0.29, 0.717) is 6.20 Å². The highest BCUT2D eigenvalue weighted by Crippen LogP contribution is 2.21. The minimum Gasteiger partial charge on any atom is -0.462 e. The topological polar surface area (TPSA) is 75.7 Å². The van der Waals surface area contributed by atoms with E-state index in [0.717, 1.165) is 5.01 Å². The molecule has 1 aromatic carbocycles. The minimum absolute atomic E-state index is 0.118. The molecule has 0 heterocycles. The molecule has 24 heavy (non-hydrogen) atoms. The van der Waals surface area contributed by atoms with E-state index in [-0.39, 0.29) is 19.1 Å². The van der Waals surface area contributed by atoms with Crippen LogP contribution in [0.1, 0.15) is 17.3 Å². The van der Waals surface area contributed by atoms with Crippen molar-refractivity contribution in [1.29, 1.82) is 0 Å². The van der Waals surface area contributed by atoms with Gasteiger partial charge >= 0.3 is 5.97 Å². The van der Waals surface area contributed by atoms with Crippen LogP contribution in [0.25, 0.3) is 0 Å². The van der Waals surface area contributed by atoms with Gasteiger partial charge in [-0.3, -0.25) is 14.6 Å². The first-order valence-corrected chi connectivity index (χ1v) is 6.43. The molecule has 0 saturated heterocycles. The Labute approximate surface area is 133 Å². The van der Waals surface area contributed by atoms with Crippen LogP contribution in [-0.2, 0) is 14.3 Å². The van der Waals surface area contributed by atoms with Crippen molar-refractivity contribution in [3.8, 4) is 0 Å². The van der Waals surface area contributed by atoms with Crippen LogP contribution in [-0.4, -0.2) is 36.8 Å². The van der Waals surface area contributed by atoms with E-state index < -0.39 is 46.2 Å². The van der Waals surface area contributed by atoms with Crippen molar-refractivity contribution in [3.63, 3.8) is 0 Å². The second-order valence-corrected chi connectivity index (χ2v) is 4.30. The molecule has 0 spiro atoms. The Kier molecular flexibility index (Phi) is 6.45. The lowest BCUT2D eigenvalue weighted by Gasteiger charge is -2.12. The third kappa shape index (κ3) is 4.09. The van der Waals surface area contributed by atoms with Gasteiger partial charge < -0.3 is 10.2 Å². The van der Waals surface area contributed by atoms with Crippen LogP contribution in [0.5, 0.6) is 0 Å². The lowest BCUT2D eigenvalue weighted by molar-refractivity contribution is -0.138. The van der Waals surface area contributed by atoms with Crippen molar-refractivity contribution in [2.45, 2.75) is 6.92 Å². The standard InChI is InChI=1S/C14H12F4N2O4/c1-3-24-14(23)8(5-19-20(2)6-21)13(22)7-4-9(15)11(17)12(18)10(7)16/h4-6,19H,3H2,1-2H3/b8-5-. The number of halogens is 4. The van der Waals surface area contributed by atoms with Crippen LogP contribution in [0.4, 0.5) is 17.6 Å². The molecule has 0 unspecified atom stereocenters. The third-order valence-corrected chi connectivity index (χ3v) is 2.66. The van der Waals surface area contributed by atoms with Crippen molar-refractivity contribution in [2.24, 2.45) is 0 Å². The van der Waals surface area contributed by atoms with Gasteiger partial charge in [0.2, 0.25) is 12.2 Å². The second kappa shape index (κ2) is 8.09. The summed E-state index contributed by atoms with van der Waals surface area (Å²) in [4.78, 5) is 34.4. The molecule has 1 amide bonds. The van der Waals surface area contributed by atoms with Gasteiger partial charge in [-0.15, -0.1) is 0 Å². The van der Waals surface area contributed by atoms with Gasteiger partial charge in [0.15, 0.2) is 23.3 Å². The molecule has 10 heteroatoms. The van der Waals surface area contributed by atoms with Crippen LogP contribution < -0.4 is 5.43 Å². The Bertz CT molecular complexity index is 707. The molecule has 0 fully saturated rings. The number of nitrogens with one attached hydrogen (secondary N) is 1. The van der Waals surface area contributed by atoms with Crippen LogP contribution in [0.15, 0.2) is 17.8 Å². The Balaban J connectivity index is 3.36. The van der Waals surface area contributed by atoms with E-state index in [2.05, 4.69) is 10.2 Å². The molecule has 0 bridgehead atoms. The van der Waals surface area contributed by atoms with Gasteiger partial charge in [0.25, 0.3) is 0 Å². The zero-order chi connectivity index (χ0) is 18.4. The summed E-state index contributed by atoms with van der Waals surface area (Å²) in [5.74, 6) is -10.8. The number of hydrogen-bond donors (Lipinski definition) is 1. The minimum atomic E-state index is -2.19. The molecule has 1 N–H and O–H groups in total. The molecule has 0 saturated carbocycles. The highest BCUT2D eigenvalue weighted by molar-refractivity contribution is 6.24. The molecule has 0 atom stereocenters. The van der Waals surface area contributed by atoms with E-state index in [9.17, 15) is 31.9 Å². The summed E-state index contributed by atoms with van der Waals surface area (Å²) in [5.41, 5.74) is 0.121. The van der Waals surface area contributed by atoms with Gasteiger partial charge in [-0.05, 0) is 13.0 Å². The fourth-order valence-corrected chi connectivity index (χ4v) is 1.51. The number of Topliss-reactive ketones (excluding diaryl/α,β-unsaturated/α-hetero) is 1. The molecule has 6 nitrogen and oxygen atoms in total. The molecular formula is C14H12F4N2O4. The molecule has 0 aromatic heterocycles. The number of hydrogen-bond acceptors (Lipinski definition) is 5. The molecule has 1 aromatic rings. The van der Waals surface area contributed by atoms with Crippen LogP contribution >= 0.6 is 0 Å². The predicted octanol–water partition coefficient (Wildman–Crippen LogP) is 1.47. The van der Waals surface area contributed by atoms with Crippen molar-refractivity contribution in [3.05, 3.63) is 46.7 Å². The Hall–Kier alpha value is -2.91. The lowest BCUT2D eigenvalue weighted by Crippen LogP contribution is -2.30. The normalized spacial score (nSPS) is 11.0. The van der Waals surface area contributed by atoms with Gasteiger partial charge in [0.05, 0.1) is 12.2 Å². The van der Waals surface area contributed by atoms with Crippen molar-refractivity contribution in [1.82, 2.24) is 10.4 Å². The first-order chi connectivity index (χ1) is 11.2. The lowest BCUT2D eigenvalue weighted by atomic mass is 10.0. The summed E-state index contributed by atoms with van der Waals surface area (Å²) < 4.78 is 57.7. The predicted molar refractivity (Wildman–Crippen MR) is 72.3 cm³/mol. The number of ether oxygens (including phenoxy) is 1. The summed E-state index contributed by atoms with van der Waals surface area (Å²) >= 11 is 0. The maximum absolute atomic E-state index is 13.7. The zero-order valence-electron chi connectivity index (χ0n) is 12.5. The average molecular weight is 348 g/mol. The second-order valence-electron chi connectivity index (χ2n) is 4.30. The smallest absolute Gasteiger partial charge is 0.343 e. The van der Waals surface area contributed by atoms with E-state index >= 15 is 0 Å². The summed E-state index contributed by atoms with van der Waals surface area (Å²) in [6, 6.07) is 0.118. The quantitative estimate of drug-likeness (QED) is 0.0772. The van der Waals surface area contributed by atoms with E-state index in [1.54, 1.807) is 0 Å². The maximum Gasteiger partial charge on any atom is 0.343 e. The highest BCUT2D eigenvalue weighted by atomic mass is 19.2. The number of carbonyl (C=O) groups excluding carboxylic acids is 3. The van der Waals surface area contributed by atoms with Crippen molar-refractivity contribution in [2.75, 3.05) is 13.7 Å². The van der Waals surface area contributed by atoms with Crippen LogP contribution in [0, 0.1) is 23.3 Å². The zero-order valence-corrected chi connectivity index (χ0v) is 12.5. The number of carbonyl (C=O) groups is 3. The van der Waals surface area contributed by atoms with Gasteiger partial charge in [-0.2, -0.15) is 0 Å². The first-order valence-electron chi connectivity index (χ1n) is 6.43. The summed E-state index contributed by atoms with van der Waals surface area (Å²) in [5, 5.41) is 0.786. The van der Waals surface area contributed by atoms with E-state index in [4.69, 9.17) is 0 Å². The summed E-state index contributed by atoms with van der Waals surface area (Å²) in [6.07, 6.45) is 0.967.